The smallest absolute Gasteiger partial charge is 0.331 e. The lowest BCUT2D eigenvalue weighted by Gasteiger charge is -2.41. The fourth-order valence-electron chi connectivity index (χ4n) is 5.72. The molecule has 2 aliphatic heterocycles. The Morgan fingerprint density at radius 1 is 1.35 bits per heavy atom. The second kappa shape index (κ2) is 10.4. The molecule has 1 aromatic heterocycles. The van der Waals surface area contributed by atoms with Crippen LogP contribution in [0.15, 0.2) is 54.1 Å². The molecule has 0 saturated heterocycles. The highest BCUT2D eigenvalue weighted by Gasteiger charge is 2.52. The van der Waals surface area contributed by atoms with Crippen molar-refractivity contribution in [2.75, 3.05) is 6.61 Å². The topological polar surface area (TPSA) is 99.9 Å². The van der Waals surface area contributed by atoms with Gasteiger partial charge in [0.1, 0.15) is 18.3 Å². The summed E-state index contributed by atoms with van der Waals surface area (Å²) in [5, 5.41) is 11.6. The first-order valence-corrected chi connectivity index (χ1v) is 12.9. The van der Waals surface area contributed by atoms with Crippen LogP contribution in [0.5, 0.6) is 0 Å². The number of fused-ring (bicyclic) bond motifs is 3. The van der Waals surface area contributed by atoms with Gasteiger partial charge in [-0.05, 0) is 68.6 Å². The van der Waals surface area contributed by atoms with Gasteiger partial charge in [-0.15, -0.1) is 0 Å². The number of aromatic nitrogens is 2. The maximum absolute atomic E-state index is 13.0. The number of allylic oxidation sites excluding steroid dienone is 3. The van der Waals surface area contributed by atoms with E-state index >= 15 is 0 Å². The van der Waals surface area contributed by atoms with Crippen molar-refractivity contribution in [3.63, 3.8) is 0 Å². The number of nitrogens with zero attached hydrogens (tertiary/aromatic N) is 2. The first-order chi connectivity index (χ1) is 17.4. The molecule has 0 aromatic carbocycles. The van der Waals surface area contributed by atoms with E-state index in [-0.39, 0.29) is 18.4 Å². The van der Waals surface area contributed by atoms with Crippen LogP contribution in [0.3, 0.4) is 0 Å². The van der Waals surface area contributed by atoms with Gasteiger partial charge in [0.2, 0.25) is 5.79 Å². The minimum atomic E-state index is -1.77. The van der Waals surface area contributed by atoms with Crippen molar-refractivity contribution in [1.29, 1.82) is 0 Å². The number of carbonyl (C=O) groups is 2. The lowest BCUT2D eigenvalue weighted by atomic mass is 9.65. The molecule has 3 heterocycles. The monoisotopic (exact) mass is 510 g/mol. The van der Waals surface area contributed by atoms with Gasteiger partial charge in [-0.3, -0.25) is 4.79 Å². The van der Waals surface area contributed by atoms with Crippen LogP contribution in [0.2, 0.25) is 0 Å². The average molecular weight is 511 g/mol. The number of rotatable bonds is 6. The Morgan fingerprint density at radius 3 is 2.76 bits per heavy atom. The Bertz CT molecular complexity index is 1160. The Kier molecular flexibility index (Phi) is 7.62. The van der Waals surface area contributed by atoms with E-state index in [4.69, 9.17) is 14.2 Å². The molecule has 0 spiro atoms. The molecule has 6 atom stereocenters. The van der Waals surface area contributed by atoms with Crippen LogP contribution in [-0.2, 0) is 30.8 Å². The van der Waals surface area contributed by atoms with E-state index < -0.39 is 29.4 Å². The molecule has 0 unspecified atom stereocenters. The van der Waals surface area contributed by atoms with Gasteiger partial charge in [0.25, 0.3) is 0 Å². The van der Waals surface area contributed by atoms with Crippen molar-refractivity contribution in [3.8, 4) is 0 Å². The zero-order valence-electron chi connectivity index (χ0n) is 22.5. The molecule has 0 amide bonds. The van der Waals surface area contributed by atoms with Gasteiger partial charge in [-0.2, -0.15) is 0 Å². The van der Waals surface area contributed by atoms with E-state index in [1.165, 1.54) is 18.6 Å². The predicted octanol–water partition coefficient (Wildman–Crippen LogP) is 4.13. The zero-order valence-corrected chi connectivity index (χ0v) is 22.5. The highest BCUT2D eigenvalue weighted by molar-refractivity contribution is 5.86. The first-order valence-electron chi connectivity index (χ1n) is 12.9. The van der Waals surface area contributed by atoms with Gasteiger partial charge in [-0.25, -0.2) is 9.78 Å². The highest BCUT2D eigenvalue weighted by atomic mass is 16.7. The number of aliphatic hydroxyl groups is 1. The number of esters is 2. The molecule has 0 fully saturated rings. The van der Waals surface area contributed by atoms with E-state index in [9.17, 15) is 14.7 Å². The summed E-state index contributed by atoms with van der Waals surface area (Å²) in [5.41, 5.74) is 1.27. The molecule has 3 aliphatic rings. The van der Waals surface area contributed by atoms with Crippen molar-refractivity contribution in [3.05, 3.63) is 59.7 Å². The molecule has 1 aliphatic carbocycles. The lowest BCUT2D eigenvalue weighted by Crippen LogP contribution is -2.47. The second-order valence-corrected chi connectivity index (χ2v) is 11.0. The number of hydrogen-bond donors (Lipinski definition) is 1. The zero-order chi connectivity index (χ0) is 27.0. The van der Waals surface area contributed by atoms with Crippen LogP contribution in [0.1, 0.15) is 53.2 Å². The molecular weight excluding hydrogens is 472 g/mol. The molecule has 0 saturated carbocycles. The van der Waals surface area contributed by atoms with E-state index in [0.717, 1.165) is 6.42 Å². The Hall–Kier alpha value is -2.97. The van der Waals surface area contributed by atoms with E-state index in [1.54, 1.807) is 35.3 Å². The summed E-state index contributed by atoms with van der Waals surface area (Å²) in [5.74, 6) is -1.93. The van der Waals surface area contributed by atoms with Gasteiger partial charge in [0.15, 0.2) is 0 Å². The van der Waals surface area contributed by atoms with Gasteiger partial charge < -0.3 is 23.9 Å². The van der Waals surface area contributed by atoms with Gasteiger partial charge in [-0.1, -0.05) is 31.6 Å². The number of carbonyl (C=O) groups excluding carboxylic acids is 2. The maximum atomic E-state index is 13.0. The fourth-order valence-corrected chi connectivity index (χ4v) is 5.72. The summed E-state index contributed by atoms with van der Waals surface area (Å²) in [6.45, 7) is 9.57. The van der Waals surface area contributed by atoms with E-state index in [2.05, 4.69) is 31.8 Å². The minimum absolute atomic E-state index is 0.0461. The first kappa shape index (κ1) is 27.1. The molecular formula is C29H38N2O6. The molecule has 8 heteroatoms. The van der Waals surface area contributed by atoms with Crippen molar-refractivity contribution in [2.24, 2.45) is 30.7 Å². The Balaban J connectivity index is 1.71. The van der Waals surface area contributed by atoms with Crippen molar-refractivity contribution in [2.45, 2.75) is 65.0 Å². The summed E-state index contributed by atoms with van der Waals surface area (Å²) in [7, 11) is 1.86. The van der Waals surface area contributed by atoms with Crippen LogP contribution < -0.4 is 0 Å². The van der Waals surface area contributed by atoms with Crippen molar-refractivity contribution >= 4 is 18.0 Å². The maximum Gasteiger partial charge on any atom is 0.331 e. The fraction of sp³-hybridized carbons (Fsp3) is 0.552. The van der Waals surface area contributed by atoms with Crippen LogP contribution >= 0.6 is 0 Å². The third-order valence-electron chi connectivity index (χ3n) is 7.89. The van der Waals surface area contributed by atoms with Crippen LogP contribution in [-0.4, -0.2) is 50.7 Å². The van der Waals surface area contributed by atoms with Crippen molar-refractivity contribution < 1.29 is 28.9 Å². The predicted molar refractivity (Wildman–Crippen MR) is 139 cm³/mol. The second-order valence-electron chi connectivity index (χ2n) is 11.0. The quantitative estimate of drug-likeness (QED) is 0.349. The summed E-state index contributed by atoms with van der Waals surface area (Å²) in [6.07, 6.45) is 14.8. The molecule has 0 radical (unpaired) electrons. The summed E-state index contributed by atoms with van der Waals surface area (Å²) >= 11 is 0. The van der Waals surface area contributed by atoms with E-state index in [1.807, 2.05) is 20.0 Å². The normalized spacial score (nSPS) is 34.7. The van der Waals surface area contributed by atoms with Gasteiger partial charge >= 0.3 is 11.9 Å². The number of aryl methyl sites for hydroxylation is 1. The average Bonchev–Trinajstić information content (AvgIpc) is 3.39. The van der Waals surface area contributed by atoms with Crippen LogP contribution in [0, 0.1) is 23.7 Å². The van der Waals surface area contributed by atoms with Crippen molar-refractivity contribution in [1.82, 2.24) is 9.55 Å². The third kappa shape index (κ3) is 5.80. The lowest BCUT2D eigenvalue weighted by molar-refractivity contribution is -0.216. The number of hydrogen-bond acceptors (Lipinski definition) is 7. The minimum Gasteiger partial charge on any atom is -0.461 e. The van der Waals surface area contributed by atoms with Gasteiger partial charge in [0, 0.05) is 31.8 Å². The standard InChI is InChI=1S/C29H38N2O6/c1-18(2)23-9-7-19(3)24-14-26(36-27(33)10-8-22-15-31(6)17-30-22)28(5)11-12-29(34,37-28)21(13-25(23)24)16-35-20(4)32/h7-8,10-13,15,17-18,23-26,34H,9,14,16H2,1-6H3/b10-8+,21-13-/t23-,24+,25-,26+,28+,29-/m1/s1. The third-order valence-corrected chi connectivity index (χ3v) is 7.89. The molecule has 37 heavy (non-hydrogen) atoms. The Morgan fingerprint density at radius 2 is 2.11 bits per heavy atom. The van der Waals surface area contributed by atoms with Crippen LogP contribution in [0.4, 0.5) is 0 Å². The highest BCUT2D eigenvalue weighted by Crippen LogP contribution is 2.48. The molecule has 1 aromatic rings. The molecule has 8 nitrogen and oxygen atoms in total. The number of ether oxygens (including phenoxy) is 3. The Labute approximate surface area is 218 Å². The van der Waals surface area contributed by atoms with Gasteiger partial charge in [0.05, 0.1) is 12.0 Å². The summed E-state index contributed by atoms with van der Waals surface area (Å²) in [4.78, 5) is 28.8. The summed E-state index contributed by atoms with van der Waals surface area (Å²) in [6, 6.07) is 0. The molecule has 2 bridgehead atoms. The number of imidazole rings is 1. The van der Waals surface area contributed by atoms with Crippen LogP contribution in [0.25, 0.3) is 6.08 Å². The SMILES string of the molecule is CC(=O)OC/C1=C/[C@@H]2[C@@H](C(C)C)CC=C(C)[C@@H]2C[C@H](OC(=O)/C=C/c2cn(C)cn2)[C@]2(C)C=C[C@@]1(O)O2. The largest absolute Gasteiger partial charge is 0.461 e. The molecule has 200 valence electrons. The van der Waals surface area contributed by atoms with E-state index in [0.29, 0.717) is 29.5 Å². The molecule has 4 rings (SSSR count). The summed E-state index contributed by atoms with van der Waals surface area (Å²) < 4.78 is 19.4. The molecule has 1 N–H and O–H groups in total.